The van der Waals surface area contributed by atoms with Crippen molar-refractivity contribution in [1.82, 2.24) is 29.6 Å². The molecule has 2 aromatic rings. The minimum absolute atomic E-state index is 0.727. The fraction of sp³-hybridized carbons (Fsp3) is 0.500. The zero-order chi connectivity index (χ0) is 11.2. The Hall–Kier alpha value is -1.69. The van der Waals surface area contributed by atoms with Gasteiger partial charge in [0.15, 0.2) is 5.82 Å². The maximum Gasteiger partial charge on any atom is 0.164 e. The quantitative estimate of drug-likeness (QED) is 0.706. The molecule has 0 radical (unpaired) electrons. The average molecular weight is 220 g/mol. The Morgan fingerprint density at radius 3 is 3.00 bits per heavy atom. The third kappa shape index (κ3) is 3.16. The fourth-order valence-corrected chi connectivity index (χ4v) is 1.47. The summed E-state index contributed by atoms with van der Waals surface area (Å²) in [7, 11) is 1.87. The molecule has 0 saturated carbocycles. The molecule has 16 heavy (non-hydrogen) atoms. The van der Waals surface area contributed by atoms with Gasteiger partial charge in [-0.25, -0.2) is 9.97 Å². The number of aromatic nitrogens is 5. The molecule has 2 rings (SSSR count). The van der Waals surface area contributed by atoms with Gasteiger partial charge in [-0.3, -0.25) is 4.68 Å². The molecule has 6 nitrogen and oxygen atoms in total. The predicted octanol–water partition coefficient (Wildman–Crippen LogP) is 0.191. The lowest BCUT2D eigenvalue weighted by atomic mass is 10.4. The van der Waals surface area contributed by atoms with Crippen molar-refractivity contribution in [3.8, 4) is 0 Å². The van der Waals surface area contributed by atoms with Crippen LogP contribution in [0.15, 0.2) is 25.0 Å². The van der Waals surface area contributed by atoms with Gasteiger partial charge in [-0.1, -0.05) is 0 Å². The molecule has 0 saturated heterocycles. The predicted molar refractivity (Wildman–Crippen MR) is 59.6 cm³/mol. The highest BCUT2D eigenvalue weighted by atomic mass is 15.3. The first-order valence-corrected chi connectivity index (χ1v) is 5.35. The van der Waals surface area contributed by atoms with Gasteiger partial charge >= 0.3 is 0 Å². The summed E-state index contributed by atoms with van der Waals surface area (Å²) >= 11 is 0. The van der Waals surface area contributed by atoms with Gasteiger partial charge in [-0.05, 0) is 13.0 Å². The van der Waals surface area contributed by atoms with Gasteiger partial charge in [0.25, 0.3) is 0 Å². The van der Waals surface area contributed by atoms with Crippen molar-refractivity contribution in [2.75, 3.05) is 6.54 Å². The molecule has 0 amide bonds. The summed E-state index contributed by atoms with van der Waals surface area (Å²) in [6, 6.07) is 0. The topological polar surface area (TPSA) is 60.6 Å². The molecule has 0 aliphatic carbocycles. The number of hydrogen-bond donors (Lipinski definition) is 1. The van der Waals surface area contributed by atoms with Gasteiger partial charge in [0, 0.05) is 26.0 Å². The standard InChI is InChI=1S/C10H16N6/c1-15-9-13-10(14-15)7-11-3-2-5-16-6-4-12-8-16/h4,6,8-9,11H,2-3,5,7H2,1H3. The maximum atomic E-state index is 4.19. The Morgan fingerprint density at radius 1 is 1.38 bits per heavy atom. The highest BCUT2D eigenvalue weighted by Crippen LogP contribution is 1.90. The zero-order valence-corrected chi connectivity index (χ0v) is 9.37. The molecule has 0 fully saturated rings. The number of nitrogens with zero attached hydrogens (tertiary/aromatic N) is 5. The molecule has 0 aromatic carbocycles. The molecule has 2 aromatic heterocycles. The molecule has 1 N–H and O–H groups in total. The van der Waals surface area contributed by atoms with Gasteiger partial charge < -0.3 is 9.88 Å². The van der Waals surface area contributed by atoms with E-state index in [1.54, 1.807) is 17.2 Å². The van der Waals surface area contributed by atoms with Crippen molar-refractivity contribution in [3.05, 3.63) is 30.9 Å². The average Bonchev–Trinajstić information content (AvgIpc) is 2.89. The fourth-order valence-electron chi connectivity index (χ4n) is 1.47. The zero-order valence-electron chi connectivity index (χ0n) is 9.37. The summed E-state index contributed by atoms with van der Waals surface area (Å²) in [6.07, 6.45) is 8.39. The lowest BCUT2D eigenvalue weighted by molar-refractivity contribution is 0.570. The summed E-state index contributed by atoms with van der Waals surface area (Å²) in [6.45, 7) is 2.67. The van der Waals surface area contributed by atoms with Crippen LogP contribution in [-0.4, -0.2) is 30.9 Å². The van der Waals surface area contributed by atoms with E-state index in [1.165, 1.54) is 0 Å². The Morgan fingerprint density at radius 2 is 2.31 bits per heavy atom. The minimum Gasteiger partial charge on any atom is -0.337 e. The third-order valence-electron chi connectivity index (χ3n) is 2.26. The van der Waals surface area contributed by atoms with Crippen LogP contribution in [0.5, 0.6) is 0 Å². The molecule has 86 valence electrons. The summed E-state index contributed by atoms with van der Waals surface area (Å²) < 4.78 is 3.78. The number of nitrogens with one attached hydrogen (secondary N) is 1. The van der Waals surface area contributed by atoms with Crippen molar-refractivity contribution in [1.29, 1.82) is 0 Å². The highest BCUT2D eigenvalue weighted by molar-refractivity contribution is 4.80. The Bertz CT molecular complexity index is 405. The van der Waals surface area contributed by atoms with Crippen molar-refractivity contribution < 1.29 is 0 Å². The molecule has 0 aliphatic heterocycles. The SMILES string of the molecule is Cn1cnc(CNCCCn2ccnc2)n1. The van der Waals surface area contributed by atoms with Gasteiger partial charge in [0.2, 0.25) is 0 Å². The first-order chi connectivity index (χ1) is 7.84. The maximum absolute atomic E-state index is 4.19. The second-order valence-electron chi connectivity index (χ2n) is 3.67. The molecule has 0 spiro atoms. The first kappa shape index (κ1) is 10.8. The largest absolute Gasteiger partial charge is 0.337 e. The smallest absolute Gasteiger partial charge is 0.164 e. The Balaban J connectivity index is 1.59. The highest BCUT2D eigenvalue weighted by Gasteiger charge is 1.97. The molecule has 0 atom stereocenters. The van der Waals surface area contributed by atoms with Crippen LogP contribution in [-0.2, 0) is 20.1 Å². The number of rotatable bonds is 6. The molecule has 6 heteroatoms. The van der Waals surface area contributed by atoms with E-state index in [9.17, 15) is 0 Å². The lowest BCUT2D eigenvalue weighted by Gasteiger charge is -2.02. The third-order valence-corrected chi connectivity index (χ3v) is 2.26. The lowest BCUT2D eigenvalue weighted by Crippen LogP contribution is -2.17. The van der Waals surface area contributed by atoms with E-state index in [0.717, 1.165) is 31.9 Å². The van der Waals surface area contributed by atoms with E-state index in [0.29, 0.717) is 0 Å². The first-order valence-electron chi connectivity index (χ1n) is 5.35. The molecular formula is C10H16N6. The number of aryl methyl sites for hydroxylation is 2. The van der Waals surface area contributed by atoms with Crippen molar-refractivity contribution in [2.45, 2.75) is 19.5 Å². The van der Waals surface area contributed by atoms with Crippen LogP contribution in [0.3, 0.4) is 0 Å². The van der Waals surface area contributed by atoms with E-state index in [2.05, 4.69) is 25.0 Å². The van der Waals surface area contributed by atoms with Crippen molar-refractivity contribution in [3.63, 3.8) is 0 Å². The van der Waals surface area contributed by atoms with Crippen molar-refractivity contribution in [2.24, 2.45) is 7.05 Å². The Kier molecular flexibility index (Phi) is 3.66. The van der Waals surface area contributed by atoms with Crippen LogP contribution in [0.1, 0.15) is 12.2 Å². The van der Waals surface area contributed by atoms with E-state index in [4.69, 9.17) is 0 Å². The second-order valence-corrected chi connectivity index (χ2v) is 3.67. The van der Waals surface area contributed by atoms with Crippen LogP contribution in [0, 0.1) is 0 Å². The summed E-state index contributed by atoms with van der Waals surface area (Å²) in [5.74, 6) is 0.838. The summed E-state index contributed by atoms with van der Waals surface area (Å²) in [4.78, 5) is 8.13. The molecule has 0 bridgehead atoms. The Labute approximate surface area is 94.3 Å². The van der Waals surface area contributed by atoms with E-state index in [1.807, 2.05) is 19.6 Å². The van der Waals surface area contributed by atoms with Crippen LogP contribution in [0.25, 0.3) is 0 Å². The van der Waals surface area contributed by atoms with Gasteiger partial charge in [0.1, 0.15) is 6.33 Å². The van der Waals surface area contributed by atoms with Crippen molar-refractivity contribution >= 4 is 0 Å². The van der Waals surface area contributed by atoms with E-state index >= 15 is 0 Å². The number of imidazole rings is 1. The monoisotopic (exact) mass is 220 g/mol. The summed E-state index contributed by atoms with van der Waals surface area (Å²) in [5.41, 5.74) is 0. The van der Waals surface area contributed by atoms with Gasteiger partial charge in [-0.2, -0.15) is 5.10 Å². The number of hydrogen-bond acceptors (Lipinski definition) is 4. The van der Waals surface area contributed by atoms with Gasteiger partial charge in [-0.15, -0.1) is 0 Å². The van der Waals surface area contributed by atoms with Gasteiger partial charge in [0.05, 0.1) is 12.9 Å². The molecule has 2 heterocycles. The summed E-state index contributed by atoms with van der Waals surface area (Å²) in [5, 5.41) is 7.49. The normalized spacial score (nSPS) is 10.8. The van der Waals surface area contributed by atoms with Crippen LogP contribution >= 0.6 is 0 Å². The van der Waals surface area contributed by atoms with Crippen LogP contribution in [0.4, 0.5) is 0 Å². The molecule has 0 unspecified atom stereocenters. The van der Waals surface area contributed by atoms with Crippen LogP contribution < -0.4 is 5.32 Å². The second kappa shape index (κ2) is 5.41. The van der Waals surface area contributed by atoms with E-state index in [-0.39, 0.29) is 0 Å². The molecular weight excluding hydrogens is 204 g/mol. The minimum atomic E-state index is 0.727. The van der Waals surface area contributed by atoms with E-state index < -0.39 is 0 Å². The molecule has 0 aliphatic rings. The van der Waals surface area contributed by atoms with Crippen LogP contribution in [0.2, 0.25) is 0 Å².